The molecule has 4 heteroatoms. The molecule has 1 N–H and O–H groups in total. The Kier molecular flexibility index (Phi) is 1.92. The van der Waals surface area contributed by atoms with Crippen LogP contribution in [0.2, 0.25) is 0 Å². The molecule has 0 saturated heterocycles. The Balaban J connectivity index is 2.67. The summed E-state index contributed by atoms with van der Waals surface area (Å²) in [5.74, 6) is -0.914. The van der Waals surface area contributed by atoms with Crippen LogP contribution in [-0.2, 0) is 4.79 Å². The molecule has 3 nitrogen and oxygen atoms in total. The van der Waals surface area contributed by atoms with Crippen LogP contribution in [-0.4, -0.2) is 17.1 Å². The van der Waals surface area contributed by atoms with E-state index in [-0.39, 0.29) is 0 Å². The summed E-state index contributed by atoms with van der Waals surface area (Å²) in [6.45, 7) is 0. The Morgan fingerprint density at radius 1 is 1.54 bits per heavy atom. The molecule has 13 heavy (non-hydrogen) atoms. The van der Waals surface area contributed by atoms with Crippen LogP contribution in [0.25, 0.3) is 6.08 Å². The zero-order valence-electron chi connectivity index (χ0n) is 6.57. The zero-order chi connectivity index (χ0) is 9.42. The van der Waals surface area contributed by atoms with Gasteiger partial charge >= 0.3 is 5.97 Å². The summed E-state index contributed by atoms with van der Waals surface area (Å²) in [5, 5.41) is 10.3. The molecule has 0 bridgehead atoms. The summed E-state index contributed by atoms with van der Waals surface area (Å²) in [6.07, 6.45) is 1.64. The normalized spacial score (nSPS) is 18.7. The topological polar surface area (TPSA) is 49.7 Å². The van der Waals surface area contributed by atoms with E-state index in [0.29, 0.717) is 0 Å². The maximum absolute atomic E-state index is 10.6. The molecule has 0 saturated carbocycles. The molecule has 1 heterocycles. The molecule has 1 aliphatic rings. The number of fused-ring (bicyclic) bond motifs is 1. The number of benzene rings is 1. The smallest absolute Gasteiger partial charge is 0.332 e. The molecular formula is C9H6BrNO2. The Labute approximate surface area is 82.5 Å². The number of rotatable bonds is 1. The maximum Gasteiger partial charge on any atom is 0.332 e. The first-order valence-electron chi connectivity index (χ1n) is 3.75. The number of carboxylic acids is 1. The van der Waals surface area contributed by atoms with Crippen molar-refractivity contribution in [2.75, 3.05) is 0 Å². The fourth-order valence-electron chi connectivity index (χ4n) is 1.28. The van der Waals surface area contributed by atoms with Gasteiger partial charge in [0.15, 0.2) is 6.04 Å². The first-order valence-corrected chi connectivity index (χ1v) is 4.55. The van der Waals surface area contributed by atoms with E-state index in [2.05, 4.69) is 20.9 Å². The summed E-state index contributed by atoms with van der Waals surface area (Å²) in [7, 11) is 0. The Bertz CT molecular complexity index is 481. The second kappa shape index (κ2) is 2.96. The molecule has 1 aromatic carbocycles. The van der Waals surface area contributed by atoms with Gasteiger partial charge in [-0.1, -0.05) is 12.1 Å². The van der Waals surface area contributed by atoms with Gasteiger partial charge in [-0.3, -0.25) is 4.99 Å². The molecule has 0 spiro atoms. The molecule has 0 aromatic heterocycles. The van der Waals surface area contributed by atoms with Gasteiger partial charge in [0.05, 0.1) is 5.36 Å². The number of hydrogen-bond donors (Lipinski definition) is 1. The maximum atomic E-state index is 10.6. The van der Waals surface area contributed by atoms with Crippen LogP contribution in [0, 0.1) is 0 Å². The highest BCUT2D eigenvalue weighted by Gasteiger charge is 2.16. The molecule has 0 aliphatic carbocycles. The summed E-state index contributed by atoms with van der Waals surface area (Å²) >= 11 is 3.32. The van der Waals surface area contributed by atoms with Crippen LogP contribution < -0.4 is 10.6 Å². The Hall–Kier alpha value is -1.16. The minimum Gasteiger partial charge on any atom is -0.479 e. The lowest BCUT2D eigenvalue weighted by Gasteiger charge is -1.93. The number of halogens is 1. The van der Waals surface area contributed by atoms with Crippen LogP contribution >= 0.6 is 15.9 Å². The quantitative estimate of drug-likeness (QED) is 0.768. The second-order valence-electron chi connectivity index (χ2n) is 2.76. The van der Waals surface area contributed by atoms with Crippen molar-refractivity contribution in [3.05, 3.63) is 33.2 Å². The molecule has 0 amide bonds. The Morgan fingerprint density at radius 3 is 2.92 bits per heavy atom. The highest BCUT2D eigenvalue weighted by Crippen LogP contribution is 2.03. The minimum absolute atomic E-state index is 0.728. The molecule has 2 rings (SSSR count). The van der Waals surface area contributed by atoms with Crippen molar-refractivity contribution < 1.29 is 9.90 Å². The Morgan fingerprint density at radius 2 is 2.31 bits per heavy atom. The fourth-order valence-corrected chi connectivity index (χ4v) is 1.76. The molecule has 66 valence electrons. The van der Waals surface area contributed by atoms with Crippen molar-refractivity contribution >= 4 is 28.0 Å². The molecule has 0 fully saturated rings. The van der Waals surface area contributed by atoms with Gasteiger partial charge < -0.3 is 5.11 Å². The van der Waals surface area contributed by atoms with Gasteiger partial charge in [-0.2, -0.15) is 0 Å². The van der Waals surface area contributed by atoms with E-state index in [4.69, 9.17) is 5.11 Å². The van der Waals surface area contributed by atoms with Gasteiger partial charge in [-0.05, 0) is 33.3 Å². The van der Waals surface area contributed by atoms with Crippen LogP contribution in [0.1, 0.15) is 0 Å². The lowest BCUT2D eigenvalue weighted by molar-refractivity contribution is -0.136. The van der Waals surface area contributed by atoms with E-state index in [1.165, 1.54) is 0 Å². The van der Waals surface area contributed by atoms with E-state index < -0.39 is 12.0 Å². The molecule has 0 radical (unpaired) electrons. The third-order valence-electron chi connectivity index (χ3n) is 1.88. The predicted molar refractivity (Wildman–Crippen MR) is 50.8 cm³/mol. The van der Waals surface area contributed by atoms with Crippen molar-refractivity contribution in [1.29, 1.82) is 0 Å². The van der Waals surface area contributed by atoms with E-state index in [1.54, 1.807) is 6.08 Å². The third-order valence-corrected chi connectivity index (χ3v) is 2.52. The second-order valence-corrected chi connectivity index (χ2v) is 3.61. The van der Waals surface area contributed by atoms with Gasteiger partial charge in [0, 0.05) is 4.47 Å². The van der Waals surface area contributed by atoms with Crippen LogP contribution in [0.5, 0.6) is 0 Å². The lowest BCUT2D eigenvalue weighted by atomic mass is 10.2. The van der Waals surface area contributed by atoms with Crippen molar-refractivity contribution in [1.82, 2.24) is 0 Å². The number of nitrogens with zero attached hydrogens (tertiary/aromatic N) is 1. The average Bonchev–Trinajstić information content (AvgIpc) is 2.49. The number of aliphatic carboxylic acids is 1. The predicted octanol–water partition coefficient (Wildman–Crippen LogP) is 0.316. The monoisotopic (exact) mass is 239 g/mol. The van der Waals surface area contributed by atoms with E-state index >= 15 is 0 Å². The summed E-state index contributed by atoms with van der Waals surface area (Å²) < 4.78 is 0.838. The van der Waals surface area contributed by atoms with Crippen LogP contribution in [0.15, 0.2) is 27.7 Å². The number of carboxylic acid groups (broad SMARTS) is 1. The minimum atomic E-state index is -0.914. The zero-order valence-corrected chi connectivity index (χ0v) is 8.15. The summed E-state index contributed by atoms with van der Waals surface area (Å²) in [5.41, 5.74) is 0. The molecule has 1 aliphatic heterocycles. The third kappa shape index (κ3) is 1.37. The van der Waals surface area contributed by atoms with Gasteiger partial charge in [0.1, 0.15) is 0 Å². The van der Waals surface area contributed by atoms with Crippen molar-refractivity contribution in [2.24, 2.45) is 4.99 Å². The lowest BCUT2D eigenvalue weighted by Crippen LogP contribution is -2.21. The van der Waals surface area contributed by atoms with E-state index in [9.17, 15) is 4.79 Å². The van der Waals surface area contributed by atoms with Crippen molar-refractivity contribution in [3.8, 4) is 0 Å². The number of hydrogen-bond acceptors (Lipinski definition) is 2. The number of para-hydroxylation sites is 1. The fraction of sp³-hybridized carbons (Fsp3) is 0.111. The summed E-state index contributed by atoms with van der Waals surface area (Å²) in [4.78, 5) is 14.7. The molecule has 0 unspecified atom stereocenters. The van der Waals surface area contributed by atoms with Crippen molar-refractivity contribution in [3.63, 3.8) is 0 Å². The van der Waals surface area contributed by atoms with Crippen LogP contribution in [0.4, 0.5) is 0 Å². The first-order chi connectivity index (χ1) is 6.18. The highest BCUT2D eigenvalue weighted by molar-refractivity contribution is 9.10. The van der Waals surface area contributed by atoms with Gasteiger partial charge in [-0.15, -0.1) is 0 Å². The standard InChI is InChI=1S/C9H6BrNO2/c10-6-3-1-2-5-4-7(9(12)13)11-8(5)6/h1-4,7H,(H,12,13)/t7-/m0/s1. The number of carbonyl (C=O) groups is 1. The van der Waals surface area contributed by atoms with Crippen molar-refractivity contribution in [2.45, 2.75) is 6.04 Å². The molecular weight excluding hydrogens is 234 g/mol. The molecule has 1 atom stereocenters. The van der Waals surface area contributed by atoms with Crippen LogP contribution in [0.3, 0.4) is 0 Å². The largest absolute Gasteiger partial charge is 0.479 e. The van der Waals surface area contributed by atoms with Gasteiger partial charge in [0.2, 0.25) is 0 Å². The molecule has 1 aromatic rings. The first kappa shape index (κ1) is 8.44. The van der Waals surface area contributed by atoms with E-state index in [0.717, 1.165) is 15.0 Å². The van der Waals surface area contributed by atoms with Gasteiger partial charge in [0.25, 0.3) is 0 Å². The van der Waals surface area contributed by atoms with Gasteiger partial charge in [-0.25, -0.2) is 4.79 Å². The van der Waals surface area contributed by atoms with E-state index in [1.807, 2.05) is 18.2 Å². The average molecular weight is 240 g/mol. The summed E-state index contributed by atoms with van der Waals surface area (Å²) in [6, 6.07) is 4.83. The highest BCUT2D eigenvalue weighted by atomic mass is 79.9. The SMILES string of the molecule is O=C(O)[C@@H]1C=c2cccc(Br)c2=N1.